The molecule has 4 rings (SSSR count). The zero-order chi connectivity index (χ0) is 22.2. The maximum Gasteiger partial charge on any atom is 0.274 e. The fourth-order valence-electron chi connectivity index (χ4n) is 3.45. The van der Waals surface area contributed by atoms with Gasteiger partial charge in [-0.3, -0.25) is 4.79 Å². The topological polar surface area (TPSA) is 95.0 Å². The molecule has 1 heterocycles. The molecule has 1 atom stereocenters. The molecule has 2 N–H and O–H groups in total. The van der Waals surface area contributed by atoms with E-state index in [2.05, 4.69) is 5.10 Å². The van der Waals surface area contributed by atoms with Gasteiger partial charge in [0.15, 0.2) is 0 Å². The monoisotopic (exact) mass is 437 g/mol. The van der Waals surface area contributed by atoms with E-state index in [1.807, 2.05) is 6.07 Å². The first kappa shape index (κ1) is 20.9. The van der Waals surface area contributed by atoms with E-state index in [0.29, 0.717) is 27.6 Å². The molecule has 0 amide bonds. The molecular formula is C23H20FN3O3S. The normalized spacial score (nSPS) is 12.7. The van der Waals surface area contributed by atoms with Crippen LogP contribution in [-0.2, 0) is 16.6 Å². The summed E-state index contributed by atoms with van der Waals surface area (Å²) in [5.74, 6) is -0.357. The smallest absolute Gasteiger partial charge is 0.267 e. The Balaban J connectivity index is 1.89. The Kier molecular flexibility index (Phi) is 5.43. The standard InChI is InChI=1S/C23H20FN3O3S/c1-15(31(25,29)30)17-5-4-6-18(13-17)22-20-7-2-3-8-21(20)23(28)27(26-22)14-16-9-11-19(24)12-10-16/h2-13,15H,14H2,1H3,(H2,25,29,30). The quantitative estimate of drug-likeness (QED) is 0.516. The van der Waals surface area contributed by atoms with E-state index < -0.39 is 15.3 Å². The van der Waals surface area contributed by atoms with Crippen LogP contribution in [0, 0.1) is 5.82 Å². The van der Waals surface area contributed by atoms with Crippen LogP contribution in [0.1, 0.15) is 23.3 Å². The van der Waals surface area contributed by atoms with Crippen molar-refractivity contribution < 1.29 is 12.8 Å². The number of sulfonamides is 1. The summed E-state index contributed by atoms with van der Waals surface area (Å²) < 4.78 is 38.2. The van der Waals surface area contributed by atoms with Gasteiger partial charge in [-0.1, -0.05) is 48.5 Å². The van der Waals surface area contributed by atoms with Crippen LogP contribution in [0.3, 0.4) is 0 Å². The Morgan fingerprint density at radius 1 is 1.00 bits per heavy atom. The fraction of sp³-hybridized carbons (Fsp3) is 0.130. The van der Waals surface area contributed by atoms with Gasteiger partial charge in [-0.05, 0) is 42.3 Å². The number of hydrogen-bond acceptors (Lipinski definition) is 4. The third-order valence-electron chi connectivity index (χ3n) is 5.24. The molecular weight excluding hydrogens is 417 g/mol. The van der Waals surface area contributed by atoms with Gasteiger partial charge in [0.05, 0.1) is 22.9 Å². The minimum atomic E-state index is -3.76. The molecule has 1 unspecified atom stereocenters. The highest BCUT2D eigenvalue weighted by atomic mass is 32.2. The second-order valence-corrected chi connectivity index (χ2v) is 9.23. The van der Waals surface area contributed by atoms with Crippen LogP contribution >= 0.6 is 0 Å². The van der Waals surface area contributed by atoms with Crippen LogP contribution < -0.4 is 10.7 Å². The molecule has 4 aromatic rings. The van der Waals surface area contributed by atoms with Gasteiger partial charge in [0, 0.05) is 10.9 Å². The number of nitrogens with two attached hydrogens (primary N) is 1. The predicted molar refractivity (Wildman–Crippen MR) is 118 cm³/mol. The number of primary sulfonamides is 1. The Morgan fingerprint density at radius 2 is 1.68 bits per heavy atom. The summed E-state index contributed by atoms with van der Waals surface area (Å²) in [6.07, 6.45) is 0. The van der Waals surface area contributed by atoms with Crippen LogP contribution in [-0.4, -0.2) is 18.2 Å². The van der Waals surface area contributed by atoms with E-state index >= 15 is 0 Å². The van der Waals surface area contributed by atoms with Crippen molar-refractivity contribution in [3.63, 3.8) is 0 Å². The van der Waals surface area contributed by atoms with Crippen molar-refractivity contribution in [2.75, 3.05) is 0 Å². The fourth-order valence-corrected chi connectivity index (χ4v) is 3.97. The second kappa shape index (κ2) is 8.05. The van der Waals surface area contributed by atoms with Gasteiger partial charge in [0.25, 0.3) is 5.56 Å². The van der Waals surface area contributed by atoms with Gasteiger partial charge < -0.3 is 0 Å². The van der Waals surface area contributed by atoms with Gasteiger partial charge in [-0.25, -0.2) is 22.6 Å². The number of aromatic nitrogens is 2. The minimum absolute atomic E-state index is 0.171. The molecule has 0 saturated heterocycles. The lowest BCUT2D eigenvalue weighted by atomic mass is 10.0. The average Bonchev–Trinajstić information content (AvgIpc) is 2.76. The van der Waals surface area contributed by atoms with Gasteiger partial charge in [-0.2, -0.15) is 5.10 Å². The maximum atomic E-state index is 13.2. The Hall–Kier alpha value is -3.36. The summed E-state index contributed by atoms with van der Waals surface area (Å²) in [7, 11) is -3.76. The van der Waals surface area contributed by atoms with Crippen LogP contribution in [0.5, 0.6) is 0 Å². The summed E-state index contributed by atoms with van der Waals surface area (Å²) >= 11 is 0. The van der Waals surface area contributed by atoms with Crippen LogP contribution in [0.4, 0.5) is 4.39 Å². The first-order valence-electron chi connectivity index (χ1n) is 9.60. The minimum Gasteiger partial charge on any atom is -0.267 e. The number of nitrogens with zero attached hydrogens (tertiary/aromatic N) is 2. The van der Waals surface area contributed by atoms with Gasteiger partial charge >= 0.3 is 0 Å². The molecule has 0 aliphatic rings. The summed E-state index contributed by atoms with van der Waals surface area (Å²) in [4.78, 5) is 13.0. The molecule has 0 bridgehead atoms. The average molecular weight is 437 g/mol. The Morgan fingerprint density at radius 3 is 2.35 bits per heavy atom. The van der Waals surface area contributed by atoms with Crippen LogP contribution in [0.2, 0.25) is 0 Å². The van der Waals surface area contributed by atoms with Crippen molar-refractivity contribution in [1.29, 1.82) is 0 Å². The zero-order valence-electron chi connectivity index (χ0n) is 16.7. The Bertz CT molecular complexity index is 1430. The van der Waals surface area contributed by atoms with Crippen molar-refractivity contribution in [3.8, 4) is 11.3 Å². The molecule has 0 aliphatic carbocycles. The third kappa shape index (κ3) is 4.26. The molecule has 0 spiro atoms. The highest BCUT2D eigenvalue weighted by Gasteiger charge is 2.19. The molecule has 0 fully saturated rings. The summed E-state index contributed by atoms with van der Waals surface area (Å²) in [6, 6.07) is 19.9. The first-order chi connectivity index (χ1) is 14.7. The highest BCUT2D eigenvalue weighted by molar-refractivity contribution is 7.89. The first-order valence-corrected chi connectivity index (χ1v) is 11.2. The molecule has 31 heavy (non-hydrogen) atoms. The molecule has 158 valence electrons. The zero-order valence-corrected chi connectivity index (χ0v) is 17.5. The van der Waals surface area contributed by atoms with Crippen LogP contribution in [0.15, 0.2) is 77.6 Å². The largest absolute Gasteiger partial charge is 0.274 e. The lowest BCUT2D eigenvalue weighted by Crippen LogP contribution is -2.24. The van der Waals surface area contributed by atoms with Crippen molar-refractivity contribution in [3.05, 3.63) is 100 Å². The number of fused-ring (bicyclic) bond motifs is 1. The molecule has 1 aromatic heterocycles. The van der Waals surface area contributed by atoms with Gasteiger partial charge in [-0.15, -0.1) is 0 Å². The predicted octanol–water partition coefficient (Wildman–Crippen LogP) is 3.60. The SMILES string of the molecule is CC(c1cccc(-c2nn(Cc3ccc(F)cc3)c(=O)c3ccccc23)c1)S(N)(=O)=O. The summed E-state index contributed by atoms with van der Waals surface area (Å²) in [6.45, 7) is 1.69. The number of rotatable bonds is 5. The number of benzene rings is 3. The molecule has 0 radical (unpaired) electrons. The second-order valence-electron chi connectivity index (χ2n) is 7.34. The van der Waals surface area contributed by atoms with Gasteiger partial charge in [0.2, 0.25) is 10.0 Å². The highest BCUT2D eigenvalue weighted by Crippen LogP contribution is 2.28. The van der Waals surface area contributed by atoms with Gasteiger partial charge in [0.1, 0.15) is 5.82 Å². The van der Waals surface area contributed by atoms with Crippen LogP contribution in [0.25, 0.3) is 22.0 Å². The summed E-state index contributed by atoms with van der Waals surface area (Å²) in [5, 5.41) is 10.2. The molecule has 8 heteroatoms. The molecule has 0 aliphatic heterocycles. The van der Waals surface area contributed by atoms with E-state index in [4.69, 9.17) is 5.14 Å². The van der Waals surface area contributed by atoms with E-state index in [-0.39, 0.29) is 17.9 Å². The van der Waals surface area contributed by atoms with Crippen molar-refractivity contribution in [1.82, 2.24) is 9.78 Å². The van der Waals surface area contributed by atoms with E-state index in [1.165, 1.54) is 23.7 Å². The molecule has 3 aromatic carbocycles. The Labute approximate surface area is 178 Å². The lowest BCUT2D eigenvalue weighted by Gasteiger charge is -2.14. The van der Waals surface area contributed by atoms with E-state index in [0.717, 1.165) is 5.56 Å². The van der Waals surface area contributed by atoms with Crippen molar-refractivity contribution in [2.24, 2.45) is 5.14 Å². The van der Waals surface area contributed by atoms with Crippen molar-refractivity contribution >= 4 is 20.8 Å². The van der Waals surface area contributed by atoms with E-state index in [1.54, 1.807) is 54.6 Å². The molecule has 0 saturated carbocycles. The lowest BCUT2D eigenvalue weighted by molar-refractivity contribution is 0.588. The summed E-state index contributed by atoms with van der Waals surface area (Å²) in [5.41, 5.74) is 2.20. The number of halogens is 1. The van der Waals surface area contributed by atoms with Crippen molar-refractivity contribution in [2.45, 2.75) is 18.7 Å². The molecule has 6 nitrogen and oxygen atoms in total. The van der Waals surface area contributed by atoms with E-state index in [9.17, 15) is 17.6 Å². The number of hydrogen-bond donors (Lipinski definition) is 1. The third-order valence-corrected chi connectivity index (χ3v) is 6.49. The maximum absolute atomic E-state index is 13.2.